The number of ether oxygens (including phenoxy) is 2. The summed E-state index contributed by atoms with van der Waals surface area (Å²) in [6, 6.07) is 40.4. The third kappa shape index (κ3) is 9.16. The van der Waals surface area contributed by atoms with Gasteiger partial charge in [0.05, 0.1) is 24.4 Å². The molecule has 1 aliphatic heterocycles. The predicted octanol–water partition coefficient (Wildman–Crippen LogP) is 7.88. The number of rotatable bonds is 12. The average molecular weight is 675 g/mol. The smallest absolute Gasteiger partial charge is 0.336 e. The Kier molecular flexibility index (Phi) is 11.4. The van der Waals surface area contributed by atoms with Crippen LogP contribution in [0.1, 0.15) is 57.0 Å². The van der Waals surface area contributed by atoms with Gasteiger partial charge in [0, 0.05) is 35.7 Å². The lowest BCUT2D eigenvalue weighted by Crippen LogP contribution is -2.34. The lowest BCUT2D eigenvalue weighted by molar-refractivity contribution is -0.245. The molecule has 2 amide bonds. The first kappa shape index (κ1) is 34.0. The molecule has 9 heteroatoms. The van der Waals surface area contributed by atoms with Gasteiger partial charge in [-0.15, -0.1) is 11.8 Å². The van der Waals surface area contributed by atoms with Crippen LogP contribution in [-0.2, 0) is 29.2 Å². The van der Waals surface area contributed by atoms with Crippen molar-refractivity contribution in [1.29, 1.82) is 0 Å². The van der Waals surface area contributed by atoms with Gasteiger partial charge in [-0.25, -0.2) is 9.59 Å². The number of carboxylic acids is 1. The molecule has 0 aromatic heterocycles. The predicted molar refractivity (Wildman–Crippen MR) is 190 cm³/mol. The van der Waals surface area contributed by atoms with Crippen molar-refractivity contribution >= 4 is 23.8 Å². The molecule has 250 valence electrons. The Balaban J connectivity index is 1.13. The Morgan fingerprint density at radius 3 is 2.10 bits per heavy atom. The van der Waals surface area contributed by atoms with Crippen LogP contribution >= 0.6 is 11.8 Å². The van der Waals surface area contributed by atoms with E-state index in [2.05, 4.69) is 16.7 Å². The SMILES string of the molecule is O=C(NCc1ccccc1)NCc1cccc(-c2ccc([C@H]3O[C@@H](CSc4ccccc4C(=O)O)C[C@@H](c4ccc(CO)cc4)O3)cc2)c1. The molecule has 0 aliphatic carbocycles. The first-order valence-electron chi connectivity index (χ1n) is 16.2. The highest BCUT2D eigenvalue weighted by Crippen LogP contribution is 2.40. The highest BCUT2D eigenvalue weighted by atomic mass is 32.2. The minimum Gasteiger partial charge on any atom is -0.478 e. The number of carbonyl (C=O) groups excluding carboxylic acids is 1. The number of aromatic carboxylic acids is 1. The summed E-state index contributed by atoms with van der Waals surface area (Å²) in [6.07, 6.45) is -0.488. The Morgan fingerprint density at radius 2 is 1.37 bits per heavy atom. The van der Waals surface area contributed by atoms with Crippen LogP contribution < -0.4 is 10.6 Å². The van der Waals surface area contributed by atoms with E-state index in [0.29, 0.717) is 30.2 Å². The second-order valence-corrected chi connectivity index (χ2v) is 12.9. The van der Waals surface area contributed by atoms with Crippen LogP contribution in [0.3, 0.4) is 0 Å². The number of hydrogen-bond donors (Lipinski definition) is 4. The van der Waals surface area contributed by atoms with Crippen molar-refractivity contribution in [1.82, 2.24) is 10.6 Å². The summed E-state index contributed by atoms with van der Waals surface area (Å²) >= 11 is 1.47. The van der Waals surface area contributed by atoms with Gasteiger partial charge in [0.1, 0.15) is 0 Å². The van der Waals surface area contributed by atoms with E-state index >= 15 is 0 Å². The molecule has 0 bridgehead atoms. The largest absolute Gasteiger partial charge is 0.478 e. The normalized spacial score (nSPS) is 17.3. The van der Waals surface area contributed by atoms with E-state index in [1.165, 1.54) is 11.8 Å². The maximum absolute atomic E-state index is 12.4. The molecule has 0 radical (unpaired) electrons. The summed E-state index contributed by atoms with van der Waals surface area (Å²) in [5, 5.41) is 25.0. The van der Waals surface area contributed by atoms with Crippen molar-refractivity contribution in [2.24, 2.45) is 0 Å². The Hall–Kier alpha value is -4.93. The number of nitrogens with one attached hydrogen (secondary N) is 2. The molecule has 4 N–H and O–H groups in total. The van der Waals surface area contributed by atoms with E-state index in [4.69, 9.17) is 9.47 Å². The summed E-state index contributed by atoms with van der Waals surface area (Å²) in [5.41, 5.74) is 7.01. The van der Waals surface area contributed by atoms with Gasteiger partial charge in [-0.05, 0) is 51.6 Å². The van der Waals surface area contributed by atoms with E-state index in [0.717, 1.165) is 38.9 Å². The summed E-state index contributed by atoms with van der Waals surface area (Å²) in [4.78, 5) is 24.8. The molecule has 1 saturated heterocycles. The monoisotopic (exact) mass is 674 g/mol. The van der Waals surface area contributed by atoms with Crippen LogP contribution in [0.2, 0.25) is 0 Å². The summed E-state index contributed by atoms with van der Waals surface area (Å²) in [6.45, 7) is 0.825. The Labute approximate surface area is 290 Å². The van der Waals surface area contributed by atoms with Crippen molar-refractivity contribution in [3.63, 3.8) is 0 Å². The van der Waals surface area contributed by atoms with Gasteiger partial charge in [0.25, 0.3) is 0 Å². The maximum atomic E-state index is 12.4. The molecular weight excluding hydrogens is 637 g/mol. The van der Waals surface area contributed by atoms with Crippen molar-refractivity contribution in [3.05, 3.63) is 161 Å². The number of amides is 2. The molecule has 5 aromatic carbocycles. The lowest BCUT2D eigenvalue weighted by Gasteiger charge is -2.36. The number of aliphatic hydroxyl groups is 1. The Bertz CT molecular complexity index is 1850. The summed E-state index contributed by atoms with van der Waals surface area (Å²) < 4.78 is 13.0. The molecule has 3 atom stereocenters. The van der Waals surface area contributed by atoms with E-state index in [9.17, 15) is 19.8 Å². The zero-order valence-corrected chi connectivity index (χ0v) is 27.6. The van der Waals surface area contributed by atoms with E-state index in [-0.39, 0.29) is 30.4 Å². The fourth-order valence-corrected chi connectivity index (χ4v) is 6.76. The van der Waals surface area contributed by atoms with E-state index in [1.54, 1.807) is 12.1 Å². The molecule has 1 fully saturated rings. The highest BCUT2D eigenvalue weighted by molar-refractivity contribution is 7.99. The molecular formula is C40H38N2O6S. The minimum atomic E-state index is -0.957. The van der Waals surface area contributed by atoms with Crippen molar-refractivity contribution in [3.8, 4) is 11.1 Å². The fourth-order valence-electron chi connectivity index (χ4n) is 5.69. The molecule has 0 spiro atoms. The van der Waals surface area contributed by atoms with Gasteiger partial charge in [0.2, 0.25) is 0 Å². The second-order valence-electron chi connectivity index (χ2n) is 11.8. The van der Waals surface area contributed by atoms with Gasteiger partial charge < -0.3 is 30.3 Å². The van der Waals surface area contributed by atoms with Crippen molar-refractivity contribution < 1.29 is 29.3 Å². The van der Waals surface area contributed by atoms with Gasteiger partial charge in [-0.2, -0.15) is 0 Å². The molecule has 8 nitrogen and oxygen atoms in total. The van der Waals surface area contributed by atoms with Crippen LogP contribution in [0, 0.1) is 0 Å². The van der Waals surface area contributed by atoms with Crippen LogP contribution in [0.4, 0.5) is 4.79 Å². The molecule has 0 unspecified atom stereocenters. The highest BCUT2D eigenvalue weighted by Gasteiger charge is 2.32. The summed E-state index contributed by atoms with van der Waals surface area (Å²) in [5.74, 6) is -0.402. The number of carboxylic acid groups (broad SMARTS) is 1. The first-order valence-corrected chi connectivity index (χ1v) is 17.1. The maximum Gasteiger partial charge on any atom is 0.336 e. The second kappa shape index (κ2) is 16.5. The summed E-state index contributed by atoms with van der Waals surface area (Å²) in [7, 11) is 0. The van der Waals surface area contributed by atoms with Crippen LogP contribution in [0.15, 0.2) is 132 Å². The lowest BCUT2D eigenvalue weighted by atomic mass is 9.99. The number of carbonyl (C=O) groups is 2. The van der Waals surface area contributed by atoms with Gasteiger partial charge >= 0.3 is 12.0 Å². The van der Waals surface area contributed by atoms with Gasteiger partial charge in [-0.1, -0.05) is 109 Å². The van der Waals surface area contributed by atoms with Crippen molar-refractivity contribution in [2.75, 3.05) is 5.75 Å². The number of benzene rings is 5. The molecule has 1 heterocycles. The molecule has 49 heavy (non-hydrogen) atoms. The van der Waals surface area contributed by atoms with Crippen LogP contribution in [0.5, 0.6) is 0 Å². The zero-order valence-electron chi connectivity index (χ0n) is 26.8. The number of urea groups is 1. The van der Waals surface area contributed by atoms with Gasteiger partial charge in [0.15, 0.2) is 6.29 Å². The van der Waals surface area contributed by atoms with Crippen LogP contribution in [0.25, 0.3) is 11.1 Å². The standard InChI is InChI=1S/C40H38N2O6S/c43-25-28-13-15-31(16-14-28)36-22-34(26-49-37-12-5-4-11-35(37)38(44)45)47-39(48-36)32-19-17-30(18-20-32)33-10-6-9-29(21-33)24-42-40(46)41-23-27-7-2-1-3-8-27/h1-21,34,36,39,43H,22-26H2,(H,44,45)(H2,41,42,46)/t34-,36+,39+/m1/s1. The van der Waals surface area contributed by atoms with Crippen molar-refractivity contribution in [2.45, 2.75) is 49.5 Å². The third-order valence-electron chi connectivity index (χ3n) is 8.35. The number of hydrogen-bond acceptors (Lipinski definition) is 6. The van der Waals surface area contributed by atoms with E-state index in [1.807, 2.05) is 109 Å². The quantitative estimate of drug-likeness (QED) is 0.0995. The molecule has 1 aliphatic rings. The van der Waals surface area contributed by atoms with Gasteiger partial charge in [-0.3, -0.25) is 0 Å². The third-order valence-corrected chi connectivity index (χ3v) is 9.55. The topological polar surface area (TPSA) is 117 Å². The molecule has 6 rings (SSSR count). The van der Waals surface area contributed by atoms with Crippen LogP contribution in [-0.4, -0.2) is 34.1 Å². The van der Waals surface area contributed by atoms with E-state index < -0.39 is 12.3 Å². The number of thioether (sulfide) groups is 1. The average Bonchev–Trinajstić information content (AvgIpc) is 3.16. The Morgan fingerprint density at radius 1 is 0.694 bits per heavy atom. The fraction of sp³-hybridized carbons (Fsp3) is 0.200. The zero-order chi connectivity index (χ0) is 34.0. The molecule has 0 saturated carbocycles. The molecule has 5 aromatic rings. The minimum absolute atomic E-state index is 0.0321. The first-order chi connectivity index (χ1) is 23.9. The number of aliphatic hydroxyl groups excluding tert-OH is 1.